The lowest BCUT2D eigenvalue weighted by molar-refractivity contribution is -0.121. The summed E-state index contributed by atoms with van der Waals surface area (Å²) in [6.45, 7) is 6.29. The van der Waals surface area contributed by atoms with Crippen molar-refractivity contribution in [3.63, 3.8) is 0 Å². The number of ether oxygens (including phenoxy) is 1. The van der Waals surface area contributed by atoms with Crippen molar-refractivity contribution in [3.8, 4) is 0 Å². The molecule has 1 aromatic heterocycles. The largest absolute Gasteiger partial charge is 0.379 e. The number of nitrogens with zero attached hydrogens (tertiary/aromatic N) is 4. The number of nitrogens with one attached hydrogen (secondary N) is 1. The van der Waals surface area contributed by atoms with Crippen molar-refractivity contribution in [1.29, 1.82) is 0 Å². The number of amides is 1. The van der Waals surface area contributed by atoms with E-state index < -0.39 is 0 Å². The fourth-order valence-corrected chi connectivity index (χ4v) is 4.24. The first kappa shape index (κ1) is 20.6. The molecule has 0 atom stereocenters. The number of carbonyl (C=O) groups is 1. The molecule has 1 saturated heterocycles. The Morgan fingerprint density at radius 3 is 2.68 bits per heavy atom. The van der Waals surface area contributed by atoms with Crippen LogP contribution in [0.5, 0.6) is 0 Å². The lowest BCUT2D eigenvalue weighted by Crippen LogP contribution is -2.39. The minimum atomic E-state index is 0.154. The summed E-state index contributed by atoms with van der Waals surface area (Å²) in [5.41, 5.74) is 1.01. The van der Waals surface area contributed by atoms with Crippen LogP contribution in [0.2, 0.25) is 0 Å². The van der Waals surface area contributed by atoms with E-state index in [1.807, 2.05) is 6.07 Å². The Hall–Kier alpha value is -2.25. The lowest BCUT2D eigenvalue weighted by Gasteiger charge is -2.29. The molecule has 7 heteroatoms. The third-order valence-corrected chi connectivity index (χ3v) is 6.40. The average Bonchev–Trinajstić information content (AvgIpc) is 3.71. The molecule has 31 heavy (non-hydrogen) atoms. The molecule has 1 aliphatic heterocycles. The molecule has 2 aliphatic carbocycles. The van der Waals surface area contributed by atoms with Gasteiger partial charge in [-0.25, -0.2) is 9.97 Å². The van der Waals surface area contributed by atoms with E-state index in [9.17, 15) is 4.79 Å². The maximum atomic E-state index is 12.4. The number of carbonyl (C=O) groups excluding carboxylic acids is 1. The monoisotopic (exact) mass is 423 g/mol. The van der Waals surface area contributed by atoms with Crippen molar-refractivity contribution in [2.45, 2.75) is 50.5 Å². The zero-order valence-corrected chi connectivity index (χ0v) is 18.3. The molecule has 2 aromatic rings. The lowest BCUT2D eigenvalue weighted by atomic mass is 10.2. The quantitative estimate of drug-likeness (QED) is 0.634. The predicted molar refractivity (Wildman–Crippen MR) is 121 cm³/mol. The van der Waals surface area contributed by atoms with Crippen molar-refractivity contribution in [2.24, 2.45) is 0 Å². The van der Waals surface area contributed by atoms with Gasteiger partial charge in [0.15, 0.2) is 0 Å². The van der Waals surface area contributed by atoms with Gasteiger partial charge >= 0.3 is 0 Å². The van der Waals surface area contributed by atoms with E-state index in [0.717, 1.165) is 81.2 Å². The Labute approximate surface area is 184 Å². The van der Waals surface area contributed by atoms with Gasteiger partial charge in [-0.15, -0.1) is 0 Å². The van der Waals surface area contributed by atoms with Crippen LogP contribution in [0.25, 0.3) is 10.9 Å². The van der Waals surface area contributed by atoms with E-state index in [1.165, 1.54) is 12.8 Å². The second-order valence-corrected chi connectivity index (χ2v) is 9.08. The molecule has 0 spiro atoms. The molecular formula is C24H33N5O2. The second-order valence-electron chi connectivity index (χ2n) is 9.08. The molecule has 0 unspecified atom stereocenters. The first-order chi connectivity index (χ1) is 15.3. The van der Waals surface area contributed by atoms with Crippen LogP contribution in [0.1, 0.15) is 50.3 Å². The van der Waals surface area contributed by atoms with E-state index in [4.69, 9.17) is 14.7 Å². The second kappa shape index (κ2) is 9.49. The molecule has 0 radical (unpaired) electrons. The van der Waals surface area contributed by atoms with E-state index >= 15 is 0 Å². The van der Waals surface area contributed by atoms with Crippen molar-refractivity contribution in [2.75, 3.05) is 50.8 Å². The van der Waals surface area contributed by atoms with Crippen molar-refractivity contribution >= 4 is 22.6 Å². The summed E-state index contributed by atoms with van der Waals surface area (Å²) in [4.78, 5) is 27.1. The Balaban J connectivity index is 1.33. The van der Waals surface area contributed by atoms with Gasteiger partial charge in [0.1, 0.15) is 11.6 Å². The molecule has 5 rings (SSSR count). The van der Waals surface area contributed by atoms with E-state index in [1.54, 1.807) is 0 Å². The molecule has 1 amide bonds. The number of benzene rings is 1. The van der Waals surface area contributed by atoms with Crippen molar-refractivity contribution in [3.05, 3.63) is 30.1 Å². The van der Waals surface area contributed by atoms with Gasteiger partial charge in [0.25, 0.3) is 0 Å². The van der Waals surface area contributed by atoms with Gasteiger partial charge < -0.3 is 15.0 Å². The highest BCUT2D eigenvalue weighted by atomic mass is 16.5. The molecule has 7 nitrogen and oxygen atoms in total. The first-order valence-corrected chi connectivity index (χ1v) is 11.9. The zero-order valence-electron chi connectivity index (χ0n) is 18.3. The standard InChI is InChI=1S/C24H33N5O2/c30-22(25-19-8-9-19)10-13-29(12-3-11-28-14-16-31-17-15-28)24-20-4-1-2-5-21(20)26-23(27-24)18-6-7-18/h1-2,4-5,18-19H,3,6-17H2,(H,25,30). The Morgan fingerprint density at radius 2 is 1.90 bits per heavy atom. The highest BCUT2D eigenvalue weighted by Crippen LogP contribution is 2.39. The Bertz CT molecular complexity index is 906. The van der Waals surface area contributed by atoms with E-state index in [0.29, 0.717) is 24.9 Å². The average molecular weight is 424 g/mol. The molecule has 2 heterocycles. The SMILES string of the molecule is O=C(CCN(CCCN1CCOCC1)c1nc(C2CC2)nc2ccccc12)NC1CC1. The predicted octanol–water partition coefficient (Wildman–Crippen LogP) is 2.70. The molecule has 1 aromatic carbocycles. The van der Waals surface area contributed by atoms with Crippen LogP contribution in [0.4, 0.5) is 5.82 Å². The van der Waals surface area contributed by atoms with Crippen LogP contribution < -0.4 is 10.2 Å². The Morgan fingerprint density at radius 1 is 1.10 bits per heavy atom. The number of para-hydroxylation sites is 1. The minimum Gasteiger partial charge on any atom is -0.379 e. The minimum absolute atomic E-state index is 0.154. The van der Waals surface area contributed by atoms with Crippen molar-refractivity contribution in [1.82, 2.24) is 20.2 Å². The molecule has 166 valence electrons. The number of anilines is 1. The molecule has 3 fully saturated rings. The third kappa shape index (κ3) is 5.52. The molecular weight excluding hydrogens is 390 g/mol. The molecule has 2 saturated carbocycles. The molecule has 0 bridgehead atoms. The highest BCUT2D eigenvalue weighted by Gasteiger charge is 2.29. The van der Waals surface area contributed by atoms with Gasteiger partial charge in [0.05, 0.1) is 18.7 Å². The van der Waals surface area contributed by atoms with Crippen LogP contribution in [-0.2, 0) is 9.53 Å². The van der Waals surface area contributed by atoms with Gasteiger partial charge in [-0.3, -0.25) is 9.69 Å². The van der Waals surface area contributed by atoms with Crippen LogP contribution in [0, 0.1) is 0 Å². The summed E-state index contributed by atoms with van der Waals surface area (Å²) in [6.07, 6.45) is 6.15. The maximum absolute atomic E-state index is 12.4. The summed E-state index contributed by atoms with van der Waals surface area (Å²) in [7, 11) is 0. The van der Waals surface area contributed by atoms with Crippen LogP contribution in [0.3, 0.4) is 0 Å². The van der Waals surface area contributed by atoms with Gasteiger partial charge in [0, 0.05) is 56.5 Å². The third-order valence-electron chi connectivity index (χ3n) is 6.40. The van der Waals surface area contributed by atoms with Crippen molar-refractivity contribution < 1.29 is 9.53 Å². The topological polar surface area (TPSA) is 70.6 Å². The van der Waals surface area contributed by atoms with E-state index in [2.05, 4.69) is 33.3 Å². The summed E-state index contributed by atoms with van der Waals surface area (Å²) < 4.78 is 5.47. The van der Waals surface area contributed by atoms with Gasteiger partial charge in [0.2, 0.25) is 5.91 Å². The Kier molecular flexibility index (Phi) is 6.32. The molecule has 3 aliphatic rings. The summed E-state index contributed by atoms with van der Waals surface area (Å²) in [5.74, 6) is 2.61. The van der Waals surface area contributed by atoms with Gasteiger partial charge in [-0.2, -0.15) is 0 Å². The number of rotatable bonds is 10. The fraction of sp³-hybridized carbons (Fsp3) is 0.625. The number of morpholine rings is 1. The van der Waals surface area contributed by atoms with Crippen LogP contribution >= 0.6 is 0 Å². The number of aromatic nitrogens is 2. The number of fused-ring (bicyclic) bond motifs is 1. The first-order valence-electron chi connectivity index (χ1n) is 11.9. The normalized spacial score (nSPS) is 19.5. The number of hydrogen-bond donors (Lipinski definition) is 1. The summed E-state index contributed by atoms with van der Waals surface area (Å²) >= 11 is 0. The van der Waals surface area contributed by atoms with Gasteiger partial charge in [-0.05, 0) is 44.2 Å². The highest BCUT2D eigenvalue weighted by molar-refractivity contribution is 5.90. The summed E-state index contributed by atoms with van der Waals surface area (Å²) in [6, 6.07) is 8.70. The van der Waals surface area contributed by atoms with E-state index in [-0.39, 0.29) is 5.91 Å². The maximum Gasteiger partial charge on any atom is 0.221 e. The summed E-state index contributed by atoms with van der Waals surface area (Å²) in [5, 5.41) is 4.21. The van der Waals surface area contributed by atoms with Crippen LogP contribution in [0.15, 0.2) is 24.3 Å². The van der Waals surface area contributed by atoms with Gasteiger partial charge in [-0.1, -0.05) is 12.1 Å². The molecule has 1 N–H and O–H groups in total. The zero-order chi connectivity index (χ0) is 21.0. The smallest absolute Gasteiger partial charge is 0.221 e. The number of hydrogen-bond acceptors (Lipinski definition) is 6. The van der Waals surface area contributed by atoms with Crippen LogP contribution in [-0.4, -0.2) is 72.8 Å². The fourth-order valence-electron chi connectivity index (χ4n) is 4.24.